The van der Waals surface area contributed by atoms with Crippen molar-refractivity contribution in [3.63, 3.8) is 0 Å². The molecule has 84 valence electrons. The third kappa shape index (κ3) is 1.90. The molecule has 1 heterocycles. The topological polar surface area (TPSA) is 28.7 Å². The Balaban J connectivity index is 2.22. The minimum atomic E-state index is 0.676. The summed E-state index contributed by atoms with van der Waals surface area (Å²) in [5, 5.41) is 1.35. The molecule has 0 atom stereocenters. The second-order valence-corrected chi connectivity index (χ2v) is 4.57. The number of aromatic nitrogens is 2. The molecule has 1 aromatic heterocycles. The third-order valence-electron chi connectivity index (χ3n) is 2.57. The molecule has 0 bridgehead atoms. The Labute approximate surface area is 108 Å². The summed E-state index contributed by atoms with van der Waals surface area (Å²) in [6.45, 7) is 0. The normalized spacial score (nSPS) is 10.9. The fourth-order valence-electron chi connectivity index (χ4n) is 1.76. The van der Waals surface area contributed by atoms with Crippen LogP contribution >= 0.6 is 23.2 Å². The Morgan fingerprint density at radius 3 is 2.65 bits per heavy atom. The van der Waals surface area contributed by atoms with Gasteiger partial charge >= 0.3 is 0 Å². The standard InChI is InChI=1S/C13H8Cl2N2/c14-8-5-6-11-12(7-8)17-13(16-11)9-3-1-2-4-10(9)15/h1-7H,(H,16,17). The highest BCUT2D eigenvalue weighted by atomic mass is 35.5. The first kappa shape index (κ1) is 10.6. The summed E-state index contributed by atoms with van der Waals surface area (Å²) in [5.41, 5.74) is 2.68. The first-order valence-corrected chi connectivity index (χ1v) is 5.90. The van der Waals surface area contributed by atoms with Crippen molar-refractivity contribution in [2.24, 2.45) is 0 Å². The van der Waals surface area contributed by atoms with Crippen LogP contribution in [-0.2, 0) is 0 Å². The Kier molecular flexibility index (Phi) is 2.54. The predicted molar refractivity (Wildman–Crippen MR) is 71.5 cm³/mol. The van der Waals surface area contributed by atoms with Crippen LogP contribution in [0.5, 0.6) is 0 Å². The Morgan fingerprint density at radius 1 is 1.00 bits per heavy atom. The summed E-state index contributed by atoms with van der Waals surface area (Å²) in [5.74, 6) is 0.757. The van der Waals surface area contributed by atoms with E-state index in [0.29, 0.717) is 10.0 Å². The van der Waals surface area contributed by atoms with Crippen molar-refractivity contribution in [1.29, 1.82) is 0 Å². The van der Waals surface area contributed by atoms with Crippen LogP contribution in [0.25, 0.3) is 22.4 Å². The minimum Gasteiger partial charge on any atom is -0.338 e. The molecule has 0 saturated carbocycles. The van der Waals surface area contributed by atoms with E-state index in [1.54, 1.807) is 0 Å². The van der Waals surface area contributed by atoms with Crippen LogP contribution in [0.15, 0.2) is 42.5 Å². The number of H-pyrrole nitrogens is 1. The largest absolute Gasteiger partial charge is 0.338 e. The fraction of sp³-hybridized carbons (Fsp3) is 0. The van der Waals surface area contributed by atoms with Gasteiger partial charge in [-0.1, -0.05) is 35.3 Å². The van der Waals surface area contributed by atoms with E-state index in [-0.39, 0.29) is 0 Å². The number of imidazole rings is 1. The third-order valence-corrected chi connectivity index (χ3v) is 3.14. The predicted octanol–water partition coefficient (Wildman–Crippen LogP) is 4.54. The lowest BCUT2D eigenvalue weighted by Crippen LogP contribution is -1.80. The maximum Gasteiger partial charge on any atom is 0.139 e. The van der Waals surface area contributed by atoms with E-state index in [2.05, 4.69) is 9.97 Å². The zero-order valence-corrected chi connectivity index (χ0v) is 10.3. The number of nitrogens with zero attached hydrogens (tertiary/aromatic N) is 1. The van der Waals surface area contributed by atoms with E-state index in [1.807, 2.05) is 42.5 Å². The van der Waals surface area contributed by atoms with Gasteiger partial charge in [-0.25, -0.2) is 4.98 Å². The molecule has 4 heteroatoms. The lowest BCUT2D eigenvalue weighted by Gasteiger charge is -1.98. The van der Waals surface area contributed by atoms with Crippen LogP contribution in [0.4, 0.5) is 0 Å². The van der Waals surface area contributed by atoms with Gasteiger partial charge in [-0.3, -0.25) is 0 Å². The number of benzene rings is 2. The maximum absolute atomic E-state index is 6.13. The van der Waals surface area contributed by atoms with Crippen molar-refractivity contribution < 1.29 is 0 Å². The smallest absolute Gasteiger partial charge is 0.139 e. The van der Waals surface area contributed by atoms with E-state index >= 15 is 0 Å². The van der Waals surface area contributed by atoms with Crippen molar-refractivity contribution in [3.8, 4) is 11.4 Å². The second kappa shape index (κ2) is 4.06. The molecule has 0 fully saturated rings. The van der Waals surface area contributed by atoms with Gasteiger partial charge < -0.3 is 4.98 Å². The molecule has 0 aliphatic carbocycles. The van der Waals surface area contributed by atoms with Gasteiger partial charge in [0.25, 0.3) is 0 Å². The Bertz CT molecular complexity index is 689. The molecular weight excluding hydrogens is 255 g/mol. The van der Waals surface area contributed by atoms with Gasteiger partial charge in [0.2, 0.25) is 0 Å². The Hall–Kier alpha value is -1.51. The van der Waals surface area contributed by atoms with Crippen LogP contribution in [-0.4, -0.2) is 9.97 Å². The monoisotopic (exact) mass is 262 g/mol. The summed E-state index contributed by atoms with van der Waals surface area (Å²) < 4.78 is 0. The van der Waals surface area contributed by atoms with E-state index in [9.17, 15) is 0 Å². The van der Waals surface area contributed by atoms with Gasteiger partial charge in [0.05, 0.1) is 16.1 Å². The molecule has 0 unspecified atom stereocenters. The van der Waals surface area contributed by atoms with Gasteiger partial charge in [-0.05, 0) is 30.3 Å². The summed E-state index contributed by atoms with van der Waals surface area (Å²) in [7, 11) is 0. The SMILES string of the molecule is Clc1ccc2[nH]c(-c3ccccc3Cl)nc2c1. The van der Waals surface area contributed by atoms with Crippen molar-refractivity contribution in [2.75, 3.05) is 0 Å². The van der Waals surface area contributed by atoms with Gasteiger partial charge in [-0.15, -0.1) is 0 Å². The van der Waals surface area contributed by atoms with Crippen molar-refractivity contribution in [2.45, 2.75) is 0 Å². The van der Waals surface area contributed by atoms with Crippen LogP contribution < -0.4 is 0 Å². The highest BCUT2D eigenvalue weighted by molar-refractivity contribution is 6.33. The molecule has 2 nitrogen and oxygen atoms in total. The first-order chi connectivity index (χ1) is 8.24. The Morgan fingerprint density at radius 2 is 1.82 bits per heavy atom. The summed E-state index contributed by atoms with van der Waals surface area (Å²) in [6.07, 6.45) is 0. The summed E-state index contributed by atoms with van der Waals surface area (Å²) in [4.78, 5) is 7.71. The van der Waals surface area contributed by atoms with Crippen molar-refractivity contribution >= 4 is 34.2 Å². The number of hydrogen-bond acceptors (Lipinski definition) is 1. The molecule has 0 saturated heterocycles. The van der Waals surface area contributed by atoms with Crippen LogP contribution in [0.1, 0.15) is 0 Å². The maximum atomic E-state index is 6.13. The lowest BCUT2D eigenvalue weighted by molar-refractivity contribution is 1.34. The van der Waals surface area contributed by atoms with E-state index < -0.39 is 0 Å². The fourth-order valence-corrected chi connectivity index (χ4v) is 2.15. The molecule has 1 N–H and O–H groups in total. The molecule has 0 radical (unpaired) electrons. The van der Waals surface area contributed by atoms with Gasteiger partial charge in [0.15, 0.2) is 0 Å². The van der Waals surface area contributed by atoms with Gasteiger partial charge in [0, 0.05) is 10.6 Å². The number of nitrogens with one attached hydrogen (secondary N) is 1. The first-order valence-electron chi connectivity index (χ1n) is 5.14. The molecule has 3 aromatic rings. The van der Waals surface area contributed by atoms with Crippen molar-refractivity contribution in [1.82, 2.24) is 9.97 Å². The highest BCUT2D eigenvalue weighted by Crippen LogP contribution is 2.27. The van der Waals surface area contributed by atoms with Crippen LogP contribution in [0, 0.1) is 0 Å². The number of aromatic amines is 1. The average Bonchev–Trinajstić information content (AvgIpc) is 2.72. The molecule has 0 amide bonds. The van der Waals surface area contributed by atoms with Crippen LogP contribution in [0.2, 0.25) is 10.0 Å². The zero-order valence-electron chi connectivity index (χ0n) is 8.74. The molecule has 0 aliphatic rings. The quantitative estimate of drug-likeness (QED) is 0.686. The molecule has 0 spiro atoms. The van der Waals surface area contributed by atoms with Crippen LogP contribution in [0.3, 0.4) is 0 Å². The number of hydrogen-bond donors (Lipinski definition) is 1. The number of halogens is 2. The molecule has 17 heavy (non-hydrogen) atoms. The van der Waals surface area contributed by atoms with E-state index in [0.717, 1.165) is 22.4 Å². The van der Waals surface area contributed by atoms with E-state index in [4.69, 9.17) is 23.2 Å². The number of fused-ring (bicyclic) bond motifs is 1. The average molecular weight is 263 g/mol. The molecule has 0 aliphatic heterocycles. The number of rotatable bonds is 1. The molecule has 3 rings (SSSR count). The minimum absolute atomic E-state index is 0.676. The summed E-state index contributed by atoms with van der Waals surface area (Å²) in [6, 6.07) is 13.2. The highest BCUT2D eigenvalue weighted by Gasteiger charge is 2.08. The van der Waals surface area contributed by atoms with Gasteiger partial charge in [0.1, 0.15) is 5.82 Å². The molecule has 2 aromatic carbocycles. The lowest BCUT2D eigenvalue weighted by atomic mass is 10.2. The van der Waals surface area contributed by atoms with Crippen molar-refractivity contribution in [3.05, 3.63) is 52.5 Å². The summed E-state index contributed by atoms with van der Waals surface area (Å²) >= 11 is 12.1. The molecular formula is C13H8Cl2N2. The van der Waals surface area contributed by atoms with Gasteiger partial charge in [-0.2, -0.15) is 0 Å². The zero-order chi connectivity index (χ0) is 11.8. The van der Waals surface area contributed by atoms with E-state index in [1.165, 1.54) is 0 Å². The second-order valence-electron chi connectivity index (χ2n) is 3.73.